The molecule has 2 N–H and O–H groups in total. The van der Waals surface area contributed by atoms with Crippen molar-refractivity contribution in [1.82, 2.24) is 5.32 Å². The van der Waals surface area contributed by atoms with Gasteiger partial charge < -0.3 is 20.1 Å². The van der Waals surface area contributed by atoms with Crippen LogP contribution in [0.1, 0.15) is 38.2 Å². The van der Waals surface area contributed by atoms with Crippen LogP contribution in [-0.4, -0.2) is 26.3 Å². The number of benzene rings is 1. The van der Waals surface area contributed by atoms with Crippen molar-refractivity contribution >= 4 is 11.7 Å². The Balaban J connectivity index is 1.99. The summed E-state index contributed by atoms with van der Waals surface area (Å²) in [5.41, 5.74) is 1.67. The molecule has 0 saturated heterocycles. The number of carbonyl (C=O) groups excluding carboxylic acids is 1. The maximum Gasteiger partial charge on any atom is 0.319 e. The summed E-state index contributed by atoms with van der Waals surface area (Å²) in [6.45, 7) is 4.20. The van der Waals surface area contributed by atoms with Crippen LogP contribution in [0.4, 0.5) is 10.5 Å². The molecule has 1 aromatic carbocycles. The van der Waals surface area contributed by atoms with Crippen LogP contribution in [0.3, 0.4) is 0 Å². The molecule has 1 saturated carbocycles. The smallest absolute Gasteiger partial charge is 0.319 e. The molecule has 1 aliphatic carbocycles. The minimum atomic E-state index is -0.158. The molecule has 1 aliphatic rings. The van der Waals surface area contributed by atoms with Gasteiger partial charge in [0.15, 0.2) is 11.5 Å². The average molecular weight is 306 g/mol. The Morgan fingerprint density at radius 3 is 2.27 bits per heavy atom. The van der Waals surface area contributed by atoms with Crippen LogP contribution in [0.25, 0.3) is 0 Å². The quantitative estimate of drug-likeness (QED) is 0.891. The van der Waals surface area contributed by atoms with Crippen molar-refractivity contribution in [2.75, 3.05) is 19.5 Å². The Labute approximate surface area is 132 Å². The molecule has 5 nitrogen and oxygen atoms in total. The largest absolute Gasteiger partial charge is 0.493 e. The predicted octanol–water partition coefficient (Wildman–Crippen LogP) is 3.71. The molecule has 0 atom stereocenters. The van der Waals surface area contributed by atoms with Gasteiger partial charge in [-0.25, -0.2) is 4.79 Å². The first kappa shape index (κ1) is 16.5. The van der Waals surface area contributed by atoms with E-state index in [4.69, 9.17) is 9.47 Å². The van der Waals surface area contributed by atoms with Gasteiger partial charge >= 0.3 is 6.03 Å². The van der Waals surface area contributed by atoms with Crippen LogP contribution in [0.2, 0.25) is 0 Å². The predicted molar refractivity (Wildman–Crippen MR) is 87.9 cm³/mol. The van der Waals surface area contributed by atoms with Gasteiger partial charge in [0, 0.05) is 17.8 Å². The van der Waals surface area contributed by atoms with Crippen molar-refractivity contribution in [1.29, 1.82) is 0 Å². The third-order valence-electron chi connectivity index (χ3n) is 4.33. The first-order chi connectivity index (χ1) is 10.5. The van der Waals surface area contributed by atoms with Crippen molar-refractivity contribution in [2.24, 2.45) is 5.92 Å². The normalized spacial score (nSPS) is 21.1. The molecule has 0 heterocycles. The lowest BCUT2D eigenvalue weighted by Gasteiger charge is -2.27. The average Bonchev–Trinajstić information content (AvgIpc) is 2.51. The number of carbonyl (C=O) groups is 1. The number of nitrogens with one attached hydrogen (secondary N) is 2. The number of hydrogen-bond donors (Lipinski definition) is 2. The van der Waals surface area contributed by atoms with Crippen LogP contribution >= 0.6 is 0 Å². The van der Waals surface area contributed by atoms with E-state index in [0.717, 1.165) is 30.0 Å². The fourth-order valence-corrected chi connectivity index (χ4v) is 2.86. The van der Waals surface area contributed by atoms with Gasteiger partial charge in [-0.2, -0.15) is 0 Å². The summed E-state index contributed by atoms with van der Waals surface area (Å²) in [6, 6.07) is 3.76. The maximum atomic E-state index is 12.2. The summed E-state index contributed by atoms with van der Waals surface area (Å²) < 4.78 is 10.5. The molecule has 1 aromatic rings. The number of hydrogen-bond acceptors (Lipinski definition) is 3. The van der Waals surface area contributed by atoms with E-state index in [-0.39, 0.29) is 12.1 Å². The van der Waals surface area contributed by atoms with Crippen LogP contribution in [0.15, 0.2) is 12.1 Å². The lowest BCUT2D eigenvalue weighted by atomic mass is 9.87. The lowest BCUT2D eigenvalue weighted by molar-refractivity contribution is 0.239. The van der Waals surface area contributed by atoms with Gasteiger partial charge in [-0.05, 0) is 50.2 Å². The molecular formula is C17H26N2O3. The highest BCUT2D eigenvalue weighted by molar-refractivity contribution is 5.90. The van der Waals surface area contributed by atoms with Crippen LogP contribution in [-0.2, 0) is 0 Å². The van der Waals surface area contributed by atoms with Gasteiger partial charge in [-0.3, -0.25) is 0 Å². The number of rotatable bonds is 4. The van der Waals surface area contributed by atoms with E-state index in [9.17, 15) is 4.79 Å². The third kappa shape index (κ3) is 4.06. The minimum Gasteiger partial charge on any atom is -0.493 e. The van der Waals surface area contributed by atoms with Crippen LogP contribution in [0.5, 0.6) is 11.5 Å². The molecule has 0 bridgehead atoms. The topological polar surface area (TPSA) is 59.6 Å². The van der Waals surface area contributed by atoms with E-state index < -0.39 is 0 Å². The Morgan fingerprint density at radius 2 is 1.68 bits per heavy atom. The second-order valence-electron chi connectivity index (χ2n) is 6.08. The molecule has 1 fully saturated rings. The Bertz CT molecular complexity index is 523. The van der Waals surface area contributed by atoms with E-state index in [2.05, 4.69) is 17.6 Å². The van der Waals surface area contributed by atoms with E-state index in [1.807, 2.05) is 13.0 Å². The molecule has 0 spiro atoms. The van der Waals surface area contributed by atoms with Gasteiger partial charge in [0.25, 0.3) is 0 Å². The van der Waals surface area contributed by atoms with Gasteiger partial charge in [-0.1, -0.05) is 6.92 Å². The molecule has 0 radical (unpaired) electrons. The van der Waals surface area contributed by atoms with Crippen molar-refractivity contribution in [3.63, 3.8) is 0 Å². The summed E-state index contributed by atoms with van der Waals surface area (Å²) in [4.78, 5) is 12.2. The van der Waals surface area contributed by atoms with E-state index in [1.54, 1.807) is 20.3 Å². The molecule has 5 heteroatoms. The van der Waals surface area contributed by atoms with E-state index >= 15 is 0 Å². The molecule has 2 amide bonds. The standard InChI is InChI=1S/C17H26N2O3/c1-11-5-7-13(8-6-11)18-17(20)19-14-10-16(22-4)15(21-3)9-12(14)2/h9-11,13H,5-8H2,1-4H3,(H2,18,19,20). The number of urea groups is 1. The molecule has 122 valence electrons. The highest BCUT2D eigenvalue weighted by Gasteiger charge is 2.20. The Hall–Kier alpha value is -1.91. The van der Waals surface area contributed by atoms with Crippen molar-refractivity contribution in [3.8, 4) is 11.5 Å². The molecule has 22 heavy (non-hydrogen) atoms. The van der Waals surface area contributed by atoms with Crippen molar-refractivity contribution in [3.05, 3.63) is 17.7 Å². The first-order valence-corrected chi connectivity index (χ1v) is 7.83. The molecular weight excluding hydrogens is 280 g/mol. The second-order valence-corrected chi connectivity index (χ2v) is 6.08. The zero-order chi connectivity index (χ0) is 16.1. The summed E-state index contributed by atoms with van der Waals surface area (Å²) in [7, 11) is 3.18. The van der Waals surface area contributed by atoms with E-state index in [0.29, 0.717) is 11.5 Å². The zero-order valence-electron chi connectivity index (χ0n) is 13.9. The third-order valence-corrected chi connectivity index (χ3v) is 4.33. The van der Waals surface area contributed by atoms with Gasteiger partial charge in [0.1, 0.15) is 0 Å². The zero-order valence-corrected chi connectivity index (χ0v) is 13.9. The van der Waals surface area contributed by atoms with Crippen molar-refractivity contribution in [2.45, 2.75) is 45.6 Å². The number of amides is 2. The highest BCUT2D eigenvalue weighted by Crippen LogP contribution is 2.33. The highest BCUT2D eigenvalue weighted by atomic mass is 16.5. The first-order valence-electron chi connectivity index (χ1n) is 7.83. The maximum absolute atomic E-state index is 12.2. The van der Waals surface area contributed by atoms with Crippen LogP contribution in [0, 0.1) is 12.8 Å². The van der Waals surface area contributed by atoms with Crippen LogP contribution < -0.4 is 20.1 Å². The fraction of sp³-hybridized carbons (Fsp3) is 0.588. The lowest BCUT2D eigenvalue weighted by Crippen LogP contribution is -2.40. The number of ether oxygens (including phenoxy) is 2. The second kappa shape index (κ2) is 7.38. The Kier molecular flexibility index (Phi) is 5.52. The van der Waals surface area contributed by atoms with Gasteiger partial charge in [0.05, 0.1) is 14.2 Å². The summed E-state index contributed by atoms with van der Waals surface area (Å²) in [5.74, 6) is 2.04. The molecule has 0 unspecified atom stereocenters. The van der Waals surface area contributed by atoms with Gasteiger partial charge in [-0.15, -0.1) is 0 Å². The SMILES string of the molecule is COc1cc(C)c(NC(=O)NC2CCC(C)CC2)cc1OC. The van der Waals surface area contributed by atoms with Gasteiger partial charge in [0.2, 0.25) is 0 Å². The number of anilines is 1. The summed E-state index contributed by atoms with van der Waals surface area (Å²) >= 11 is 0. The summed E-state index contributed by atoms with van der Waals surface area (Å²) in [5, 5.41) is 5.97. The molecule has 0 aliphatic heterocycles. The van der Waals surface area contributed by atoms with Crippen molar-refractivity contribution < 1.29 is 14.3 Å². The molecule has 2 rings (SSSR count). The summed E-state index contributed by atoms with van der Waals surface area (Å²) in [6.07, 6.45) is 4.47. The fourth-order valence-electron chi connectivity index (χ4n) is 2.86. The number of methoxy groups -OCH3 is 2. The number of aryl methyl sites for hydroxylation is 1. The molecule has 0 aromatic heterocycles. The minimum absolute atomic E-state index is 0.158. The van der Waals surface area contributed by atoms with E-state index in [1.165, 1.54) is 12.8 Å². The Morgan fingerprint density at radius 1 is 1.09 bits per heavy atom. The monoisotopic (exact) mass is 306 g/mol.